The van der Waals surface area contributed by atoms with Crippen LogP contribution in [-0.4, -0.2) is 39.7 Å². The molecule has 0 saturated heterocycles. The number of hydrogen-bond acceptors (Lipinski definition) is 6. The summed E-state index contributed by atoms with van der Waals surface area (Å²) in [6.45, 7) is 5.56. The molecule has 2 aliphatic carbocycles. The van der Waals surface area contributed by atoms with Crippen LogP contribution in [0.25, 0.3) is 5.82 Å². The summed E-state index contributed by atoms with van der Waals surface area (Å²) < 4.78 is 2.25. The molecule has 0 spiro atoms. The van der Waals surface area contributed by atoms with Crippen LogP contribution in [0.2, 0.25) is 0 Å². The van der Waals surface area contributed by atoms with Gasteiger partial charge in [0.05, 0.1) is 19.0 Å². The van der Waals surface area contributed by atoms with Crippen molar-refractivity contribution in [1.29, 1.82) is 0 Å². The van der Waals surface area contributed by atoms with Gasteiger partial charge in [0, 0.05) is 11.5 Å². The molecule has 2 aromatic heterocycles. The van der Waals surface area contributed by atoms with Crippen molar-refractivity contribution in [2.75, 3.05) is 7.11 Å². The zero-order valence-corrected chi connectivity index (χ0v) is 16.8. The van der Waals surface area contributed by atoms with Gasteiger partial charge >= 0.3 is 0 Å². The quantitative estimate of drug-likeness (QED) is 0.425. The Morgan fingerprint density at radius 1 is 1.41 bits per heavy atom. The molecular formula is C19H24N6O4. The van der Waals surface area contributed by atoms with Crippen molar-refractivity contribution in [2.45, 2.75) is 45.6 Å². The van der Waals surface area contributed by atoms with E-state index in [-0.39, 0.29) is 5.69 Å². The zero-order valence-electron chi connectivity index (χ0n) is 16.8. The maximum Gasteiger partial charge on any atom is 0.272 e. The van der Waals surface area contributed by atoms with Crippen molar-refractivity contribution in [3.63, 3.8) is 0 Å². The predicted molar refractivity (Wildman–Crippen MR) is 101 cm³/mol. The van der Waals surface area contributed by atoms with Crippen molar-refractivity contribution < 1.29 is 19.2 Å². The number of carbonyl (C=O) groups is 2. The van der Waals surface area contributed by atoms with Gasteiger partial charge in [0.15, 0.2) is 11.9 Å². The van der Waals surface area contributed by atoms with Crippen LogP contribution in [0.4, 0.5) is 0 Å². The molecule has 29 heavy (non-hydrogen) atoms. The van der Waals surface area contributed by atoms with Crippen molar-refractivity contribution in [2.24, 2.45) is 11.3 Å². The lowest BCUT2D eigenvalue weighted by Crippen LogP contribution is -2.53. The predicted octanol–water partition coefficient (Wildman–Crippen LogP) is 0.382. The van der Waals surface area contributed by atoms with Crippen molar-refractivity contribution in [3.8, 4) is 5.82 Å². The standard InChI is InChI=1S/C19H24N6O4/c1-19(2,3)16(18(27)23-29-4)21-17(26)14-12-8-10-7-11(10)15(12)25(22-14)13-9-24(28)6-5-20-13/h5-6,9-11,16H,7-8H2,1-4H3,(H,21,26)(H,23,27)/t10-,11-,16-/m1/s1. The monoisotopic (exact) mass is 400 g/mol. The Kier molecular flexibility index (Phi) is 4.53. The highest BCUT2D eigenvalue weighted by Crippen LogP contribution is 2.57. The van der Waals surface area contributed by atoms with E-state index < -0.39 is 23.3 Å². The molecule has 0 unspecified atom stereocenters. The molecule has 154 valence electrons. The van der Waals surface area contributed by atoms with Crippen LogP contribution in [0.3, 0.4) is 0 Å². The number of hydrogen-bond donors (Lipinski definition) is 2. The van der Waals surface area contributed by atoms with E-state index in [4.69, 9.17) is 4.84 Å². The number of rotatable bonds is 5. The second-order valence-corrected chi connectivity index (χ2v) is 8.65. The van der Waals surface area contributed by atoms with E-state index in [1.807, 2.05) is 20.8 Å². The molecule has 2 N–H and O–H groups in total. The van der Waals surface area contributed by atoms with Crippen molar-refractivity contribution >= 4 is 11.8 Å². The summed E-state index contributed by atoms with van der Waals surface area (Å²) in [5.41, 5.74) is 3.82. The van der Waals surface area contributed by atoms with Gasteiger partial charge in [0.2, 0.25) is 12.0 Å². The highest BCUT2D eigenvalue weighted by molar-refractivity contribution is 5.98. The third kappa shape index (κ3) is 3.44. The molecule has 3 atom stereocenters. The summed E-state index contributed by atoms with van der Waals surface area (Å²) in [7, 11) is 1.34. The smallest absolute Gasteiger partial charge is 0.272 e. The lowest BCUT2D eigenvalue weighted by atomic mass is 9.86. The Labute approximate surface area is 167 Å². The Bertz CT molecular complexity index is 980. The summed E-state index contributed by atoms with van der Waals surface area (Å²) in [6, 6.07) is -0.815. The second-order valence-electron chi connectivity index (χ2n) is 8.65. The molecule has 0 radical (unpaired) electrons. The zero-order chi connectivity index (χ0) is 20.9. The van der Waals surface area contributed by atoms with Crippen LogP contribution in [0.5, 0.6) is 0 Å². The Morgan fingerprint density at radius 3 is 2.83 bits per heavy atom. The first-order chi connectivity index (χ1) is 13.7. The molecule has 10 heteroatoms. The Morgan fingerprint density at radius 2 is 2.17 bits per heavy atom. The van der Waals surface area contributed by atoms with Gasteiger partial charge in [0.25, 0.3) is 11.8 Å². The summed E-state index contributed by atoms with van der Waals surface area (Å²) >= 11 is 0. The van der Waals surface area contributed by atoms with Gasteiger partial charge in [-0.1, -0.05) is 20.8 Å². The summed E-state index contributed by atoms with van der Waals surface area (Å²) in [4.78, 5) is 34.5. The second kappa shape index (κ2) is 6.80. The van der Waals surface area contributed by atoms with Gasteiger partial charge in [-0.05, 0) is 24.2 Å². The number of hydroxylamine groups is 1. The molecular weight excluding hydrogens is 376 g/mol. The fraction of sp³-hybridized carbons (Fsp3) is 0.526. The first-order valence-electron chi connectivity index (χ1n) is 9.51. The number of nitrogens with zero attached hydrogens (tertiary/aromatic N) is 4. The number of nitrogens with one attached hydrogen (secondary N) is 2. The van der Waals surface area contributed by atoms with Crippen LogP contribution < -0.4 is 15.5 Å². The molecule has 1 saturated carbocycles. The van der Waals surface area contributed by atoms with Gasteiger partial charge in [-0.2, -0.15) is 9.83 Å². The fourth-order valence-corrected chi connectivity index (χ4v) is 3.98. The van der Waals surface area contributed by atoms with Crippen LogP contribution >= 0.6 is 0 Å². The SMILES string of the molecule is CONC(=O)[C@@H](NC(=O)c1nn(-c2c[n+]([O-])ccn2)c2c1C[C@H]1C[C@@H]21)C(C)(C)C. The largest absolute Gasteiger partial charge is 0.619 e. The number of fused-ring (bicyclic) bond motifs is 3. The molecule has 0 bridgehead atoms. The van der Waals surface area contributed by atoms with E-state index in [2.05, 4.69) is 20.9 Å². The van der Waals surface area contributed by atoms with E-state index in [1.54, 1.807) is 4.68 Å². The molecule has 0 aromatic carbocycles. The van der Waals surface area contributed by atoms with E-state index in [9.17, 15) is 14.8 Å². The maximum atomic E-state index is 13.1. The first-order valence-corrected chi connectivity index (χ1v) is 9.51. The van der Waals surface area contributed by atoms with Crippen LogP contribution in [0.1, 0.15) is 54.9 Å². The number of aromatic nitrogens is 4. The van der Waals surface area contributed by atoms with Crippen LogP contribution in [-0.2, 0) is 16.1 Å². The van der Waals surface area contributed by atoms with Crippen molar-refractivity contribution in [1.82, 2.24) is 25.6 Å². The average molecular weight is 400 g/mol. The minimum absolute atomic E-state index is 0.273. The van der Waals surface area contributed by atoms with Gasteiger partial charge < -0.3 is 10.5 Å². The first kappa shape index (κ1) is 19.3. The van der Waals surface area contributed by atoms with Crippen LogP contribution in [0.15, 0.2) is 18.6 Å². The minimum atomic E-state index is -0.815. The van der Waals surface area contributed by atoms with E-state index in [0.29, 0.717) is 22.4 Å². The van der Waals surface area contributed by atoms with Gasteiger partial charge in [-0.3, -0.25) is 14.4 Å². The summed E-state index contributed by atoms with van der Waals surface area (Å²) in [5, 5.41) is 19.0. The summed E-state index contributed by atoms with van der Waals surface area (Å²) in [6.07, 6.45) is 5.83. The molecule has 10 nitrogen and oxygen atoms in total. The highest BCUT2D eigenvalue weighted by atomic mass is 16.6. The highest BCUT2D eigenvalue weighted by Gasteiger charge is 2.50. The topological polar surface area (TPSA) is 125 Å². The molecule has 1 fully saturated rings. The summed E-state index contributed by atoms with van der Waals surface area (Å²) in [5.74, 6) is 0.327. The molecule has 2 heterocycles. The minimum Gasteiger partial charge on any atom is -0.619 e. The molecule has 4 rings (SSSR count). The van der Waals surface area contributed by atoms with Gasteiger partial charge in [0.1, 0.15) is 6.04 Å². The molecule has 2 aromatic rings. The average Bonchev–Trinajstić information content (AvgIpc) is 3.14. The Balaban J connectivity index is 1.69. The van der Waals surface area contributed by atoms with E-state index in [0.717, 1.165) is 24.1 Å². The molecule has 2 aliphatic rings. The van der Waals surface area contributed by atoms with E-state index >= 15 is 0 Å². The Hall–Kier alpha value is -3.01. The number of carbonyl (C=O) groups excluding carboxylic acids is 2. The van der Waals surface area contributed by atoms with E-state index in [1.165, 1.54) is 25.7 Å². The maximum absolute atomic E-state index is 13.1. The van der Waals surface area contributed by atoms with Gasteiger partial charge in [-0.15, -0.1) is 0 Å². The normalized spacial score (nSPS) is 20.6. The molecule has 0 aliphatic heterocycles. The van der Waals surface area contributed by atoms with Crippen molar-refractivity contribution in [3.05, 3.63) is 40.7 Å². The fourth-order valence-electron chi connectivity index (χ4n) is 3.98. The third-order valence-corrected chi connectivity index (χ3v) is 5.46. The lowest BCUT2D eigenvalue weighted by molar-refractivity contribution is -0.605. The third-order valence-electron chi connectivity index (χ3n) is 5.46. The lowest BCUT2D eigenvalue weighted by Gasteiger charge is -2.29. The number of amides is 2. The molecule has 2 amide bonds. The van der Waals surface area contributed by atoms with Gasteiger partial charge in [-0.25, -0.2) is 15.1 Å². The van der Waals surface area contributed by atoms with Crippen LogP contribution in [0, 0.1) is 16.5 Å².